The van der Waals surface area contributed by atoms with Crippen molar-refractivity contribution in [2.75, 3.05) is 17.3 Å². The van der Waals surface area contributed by atoms with E-state index in [1.165, 1.54) is 46.4 Å². The van der Waals surface area contributed by atoms with E-state index in [-0.39, 0.29) is 34.6 Å². The lowest BCUT2D eigenvalue weighted by Crippen LogP contribution is -2.30. The van der Waals surface area contributed by atoms with E-state index in [1.54, 1.807) is 31.4 Å². The van der Waals surface area contributed by atoms with E-state index in [0.29, 0.717) is 46.6 Å². The Bertz CT molecular complexity index is 1800. The van der Waals surface area contributed by atoms with Gasteiger partial charge in [-0.25, -0.2) is 9.37 Å². The third-order valence-corrected chi connectivity index (χ3v) is 8.06. The largest absolute Gasteiger partial charge is 0.335 e. The molecular formula is C34H38FN5O3S. The van der Waals surface area contributed by atoms with Crippen molar-refractivity contribution in [2.45, 2.75) is 59.3 Å². The summed E-state index contributed by atoms with van der Waals surface area (Å²) in [6.45, 7) is 13.6. The van der Waals surface area contributed by atoms with E-state index in [9.17, 15) is 14.4 Å². The van der Waals surface area contributed by atoms with Crippen molar-refractivity contribution in [3.63, 3.8) is 0 Å². The predicted molar refractivity (Wildman–Crippen MR) is 177 cm³/mol. The molecule has 0 fully saturated rings. The molecule has 44 heavy (non-hydrogen) atoms. The first-order valence-electron chi connectivity index (χ1n) is 14.4. The van der Waals surface area contributed by atoms with Gasteiger partial charge >= 0.3 is 0 Å². The van der Waals surface area contributed by atoms with Gasteiger partial charge in [0.05, 0.1) is 5.56 Å². The van der Waals surface area contributed by atoms with Gasteiger partial charge in [-0.1, -0.05) is 46.4 Å². The standard InChI is InChI=1S/C34H38FN5O3S/c1-9-11-24(41)18-26-25(22-16-28(32(42)39(7)19-22)37-29-14-20(3)44-38-29)12-13-36-31(26)40(8)33(43)30-21(10-2)15-23(17-27(30)35)34(4,5)6/h10,12-17,19H,2,9,11,18H2,1,3-8H3,(H,37,38). The van der Waals surface area contributed by atoms with Gasteiger partial charge in [0, 0.05) is 55.3 Å². The Balaban J connectivity index is 1.86. The number of aromatic nitrogens is 3. The number of Topliss-reactive ketones (excluding diaryl/α,β-unsaturated/α-hetero) is 1. The molecule has 1 aromatic carbocycles. The first-order valence-corrected chi connectivity index (χ1v) is 15.2. The number of anilines is 3. The van der Waals surface area contributed by atoms with Crippen LogP contribution in [0.3, 0.4) is 0 Å². The number of nitrogens with one attached hydrogen (secondary N) is 1. The number of aryl methyl sites for hydroxylation is 2. The van der Waals surface area contributed by atoms with Crippen LogP contribution < -0.4 is 15.8 Å². The van der Waals surface area contributed by atoms with Crippen LogP contribution in [-0.2, 0) is 23.7 Å². The maximum Gasteiger partial charge on any atom is 0.274 e. The quantitative estimate of drug-likeness (QED) is 0.202. The third kappa shape index (κ3) is 6.86. The van der Waals surface area contributed by atoms with Crippen LogP contribution in [0.4, 0.5) is 21.7 Å². The minimum Gasteiger partial charge on any atom is -0.335 e. The van der Waals surface area contributed by atoms with Crippen molar-refractivity contribution in [2.24, 2.45) is 7.05 Å². The first-order chi connectivity index (χ1) is 20.7. The minimum atomic E-state index is -0.657. The highest BCUT2D eigenvalue weighted by atomic mass is 32.1. The summed E-state index contributed by atoms with van der Waals surface area (Å²) in [5.41, 5.74) is 2.47. The summed E-state index contributed by atoms with van der Waals surface area (Å²) in [4.78, 5) is 46.8. The normalized spacial score (nSPS) is 11.4. The molecule has 1 N–H and O–H groups in total. The number of carbonyl (C=O) groups is 2. The molecule has 4 aromatic rings. The molecule has 0 unspecified atom stereocenters. The minimum absolute atomic E-state index is 0.000605. The number of hydrogen-bond donors (Lipinski definition) is 1. The second kappa shape index (κ2) is 13.1. The lowest BCUT2D eigenvalue weighted by atomic mass is 9.84. The third-order valence-electron chi connectivity index (χ3n) is 7.36. The zero-order valence-corrected chi connectivity index (χ0v) is 27.1. The van der Waals surface area contributed by atoms with Crippen LogP contribution >= 0.6 is 11.5 Å². The van der Waals surface area contributed by atoms with Crippen molar-refractivity contribution in [3.8, 4) is 11.1 Å². The predicted octanol–water partition coefficient (Wildman–Crippen LogP) is 7.22. The van der Waals surface area contributed by atoms with Crippen LogP contribution in [0.2, 0.25) is 0 Å². The summed E-state index contributed by atoms with van der Waals surface area (Å²) in [6, 6.07) is 8.46. The number of benzene rings is 1. The summed E-state index contributed by atoms with van der Waals surface area (Å²) in [5.74, 6) is -0.524. The SMILES string of the molecule is C=Cc1cc(C(C)(C)C)cc(F)c1C(=O)N(C)c1nccc(-c2cc(Nc3cc(C)sn3)c(=O)n(C)c2)c1CC(=O)CCC. The summed E-state index contributed by atoms with van der Waals surface area (Å²) in [5, 5.41) is 3.10. The molecule has 4 rings (SSSR count). The average molecular weight is 616 g/mol. The molecule has 0 radical (unpaired) electrons. The molecule has 8 nitrogen and oxygen atoms in total. The van der Waals surface area contributed by atoms with E-state index < -0.39 is 11.7 Å². The fraction of sp³-hybridized carbons (Fsp3) is 0.324. The molecule has 0 atom stereocenters. The Labute approximate surface area is 261 Å². The van der Waals surface area contributed by atoms with E-state index in [2.05, 4.69) is 21.3 Å². The number of nitrogens with zero attached hydrogens (tertiary/aromatic N) is 4. The molecular weight excluding hydrogens is 577 g/mol. The van der Waals surface area contributed by atoms with Gasteiger partial charge in [-0.05, 0) is 71.2 Å². The Morgan fingerprint density at radius 1 is 1.20 bits per heavy atom. The maximum atomic E-state index is 15.6. The van der Waals surface area contributed by atoms with Crippen molar-refractivity contribution >= 4 is 46.6 Å². The second-order valence-corrected chi connectivity index (χ2v) is 12.9. The van der Waals surface area contributed by atoms with Gasteiger partial charge < -0.3 is 9.88 Å². The number of carbonyl (C=O) groups excluding carboxylic acids is 2. The van der Waals surface area contributed by atoms with Crippen LogP contribution in [0.15, 0.2) is 54.1 Å². The lowest BCUT2D eigenvalue weighted by Gasteiger charge is -2.25. The van der Waals surface area contributed by atoms with Crippen molar-refractivity contribution in [1.82, 2.24) is 13.9 Å². The van der Waals surface area contributed by atoms with Crippen molar-refractivity contribution in [3.05, 3.63) is 92.6 Å². The van der Waals surface area contributed by atoms with Crippen LogP contribution in [-0.4, -0.2) is 32.7 Å². The summed E-state index contributed by atoms with van der Waals surface area (Å²) in [6.07, 6.45) is 5.69. The highest BCUT2D eigenvalue weighted by Crippen LogP contribution is 2.34. The highest BCUT2D eigenvalue weighted by molar-refractivity contribution is 7.06. The maximum absolute atomic E-state index is 15.6. The number of amides is 1. The fourth-order valence-corrected chi connectivity index (χ4v) is 5.51. The average Bonchev–Trinajstić information content (AvgIpc) is 3.38. The molecule has 1 amide bonds. The Morgan fingerprint density at radius 2 is 1.93 bits per heavy atom. The van der Waals surface area contributed by atoms with E-state index >= 15 is 4.39 Å². The zero-order chi connectivity index (χ0) is 32.3. The molecule has 0 saturated carbocycles. The van der Waals surface area contributed by atoms with E-state index in [4.69, 9.17) is 0 Å². The number of ketones is 1. The summed E-state index contributed by atoms with van der Waals surface area (Å²) < 4.78 is 21.4. The van der Waals surface area contributed by atoms with Gasteiger partial charge in [0.1, 0.15) is 28.9 Å². The van der Waals surface area contributed by atoms with E-state index in [1.807, 2.05) is 40.7 Å². The Hall–Kier alpha value is -4.44. The number of pyridine rings is 2. The molecule has 3 heterocycles. The van der Waals surface area contributed by atoms with Crippen LogP contribution in [0.1, 0.15) is 72.5 Å². The van der Waals surface area contributed by atoms with Crippen LogP contribution in [0, 0.1) is 12.7 Å². The molecule has 0 saturated heterocycles. The zero-order valence-electron chi connectivity index (χ0n) is 26.2. The van der Waals surface area contributed by atoms with Gasteiger partial charge in [0.25, 0.3) is 11.5 Å². The Kier molecular flexibility index (Phi) is 9.63. The highest BCUT2D eigenvalue weighted by Gasteiger charge is 2.27. The Morgan fingerprint density at radius 3 is 2.55 bits per heavy atom. The van der Waals surface area contributed by atoms with E-state index in [0.717, 1.165) is 10.4 Å². The van der Waals surface area contributed by atoms with Gasteiger partial charge in [0.15, 0.2) is 0 Å². The van der Waals surface area contributed by atoms with Gasteiger partial charge in [-0.15, -0.1) is 0 Å². The fourth-order valence-electron chi connectivity index (χ4n) is 5.00. The molecule has 3 aromatic heterocycles. The lowest BCUT2D eigenvalue weighted by molar-refractivity contribution is -0.118. The molecule has 0 bridgehead atoms. The number of rotatable bonds is 10. The van der Waals surface area contributed by atoms with Gasteiger partial charge in [-0.2, -0.15) is 4.37 Å². The molecule has 0 aliphatic carbocycles. The van der Waals surface area contributed by atoms with Crippen LogP contribution in [0.5, 0.6) is 0 Å². The topological polar surface area (TPSA) is 97.2 Å². The number of hydrogen-bond acceptors (Lipinski definition) is 7. The first kappa shape index (κ1) is 32.5. The van der Waals surface area contributed by atoms with Crippen molar-refractivity contribution < 1.29 is 14.0 Å². The number of halogens is 1. The van der Waals surface area contributed by atoms with Crippen molar-refractivity contribution in [1.29, 1.82) is 0 Å². The summed E-state index contributed by atoms with van der Waals surface area (Å²) >= 11 is 1.32. The second-order valence-electron chi connectivity index (χ2n) is 11.9. The molecule has 0 spiro atoms. The summed E-state index contributed by atoms with van der Waals surface area (Å²) in [7, 11) is 3.16. The molecule has 10 heteroatoms. The molecule has 230 valence electrons. The van der Waals surface area contributed by atoms with Crippen LogP contribution in [0.25, 0.3) is 17.2 Å². The molecule has 0 aliphatic heterocycles. The smallest absolute Gasteiger partial charge is 0.274 e. The van der Waals surface area contributed by atoms with Gasteiger partial charge in [-0.3, -0.25) is 19.3 Å². The monoisotopic (exact) mass is 615 g/mol. The molecule has 0 aliphatic rings. The van der Waals surface area contributed by atoms with Gasteiger partial charge in [0.2, 0.25) is 0 Å².